The second-order valence-electron chi connectivity index (χ2n) is 21.3. The Morgan fingerprint density at radius 2 is 1.01 bits per heavy atom. The van der Waals surface area contributed by atoms with Crippen LogP contribution in [0, 0.1) is 10.7 Å². The maximum absolute atomic E-state index is 8.95. The zero-order valence-electron chi connectivity index (χ0n) is 46.0. The van der Waals surface area contributed by atoms with Crippen LogP contribution in [0.15, 0.2) is 237 Å². The number of pyridine rings is 1. The van der Waals surface area contributed by atoms with Gasteiger partial charge >= 0.3 is 294 Å². The van der Waals surface area contributed by atoms with Crippen molar-refractivity contribution in [2.45, 2.75) is 33.0 Å². The van der Waals surface area contributed by atoms with Crippen molar-refractivity contribution >= 4 is 70.9 Å². The van der Waals surface area contributed by atoms with E-state index in [0.717, 1.165) is 92.3 Å². The van der Waals surface area contributed by atoms with Crippen molar-refractivity contribution in [1.82, 2.24) is 23.1 Å². The van der Waals surface area contributed by atoms with Crippen molar-refractivity contribution < 1.29 is 28.2 Å². The summed E-state index contributed by atoms with van der Waals surface area (Å²) < 4.78 is 44.0. The number of nitrogens with zero attached hydrogens (tertiary/aromatic N) is 5. The number of hydrogen-bond donors (Lipinski definition) is 0. The van der Waals surface area contributed by atoms with E-state index < -0.39 is 6.85 Å². The molecule has 0 amide bonds. The molecule has 0 spiro atoms. The van der Waals surface area contributed by atoms with E-state index in [1.54, 1.807) is 12.3 Å². The fourth-order valence-corrected chi connectivity index (χ4v) is 13.1. The smallest absolute Gasteiger partial charge is 0.0579 e. The first-order chi connectivity index (χ1) is 39.4. The number of aromatic nitrogens is 5. The predicted molar refractivity (Wildman–Crippen MR) is 319 cm³/mol. The van der Waals surface area contributed by atoms with E-state index in [2.05, 4.69) is 252 Å². The minimum absolute atomic E-state index is 0.0564. The van der Waals surface area contributed by atoms with Crippen molar-refractivity contribution in [2.24, 2.45) is 0 Å². The Balaban J connectivity index is 0.904. The molecule has 0 aliphatic rings. The first-order valence-electron chi connectivity index (χ1n) is 27.8. The summed E-state index contributed by atoms with van der Waals surface area (Å²) in [5.41, 5.74) is 16.5. The van der Waals surface area contributed by atoms with Crippen molar-refractivity contribution in [2.75, 3.05) is 0 Å². The third kappa shape index (κ3) is 7.20. The second-order valence-corrected chi connectivity index (χ2v) is 22.3. The van der Waals surface area contributed by atoms with Gasteiger partial charge in [0, 0.05) is 37.4 Å². The number of rotatable bonds is 8. The molecule has 0 saturated carbocycles. The topological polar surface area (TPSA) is 41.3 Å². The molecule has 15 aromatic rings. The van der Waals surface area contributed by atoms with Crippen molar-refractivity contribution in [3.8, 4) is 62.1 Å². The molecule has 5 heterocycles. The zero-order chi connectivity index (χ0) is 54.9. The summed E-state index contributed by atoms with van der Waals surface area (Å²) in [5.74, 6) is 1.78. The summed E-state index contributed by atoms with van der Waals surface area (Å²) in [5, 5.41) is 6.75. The van der Waals surface area contributed by atoms with Gasteiger partial charge in [0.05, 0.1) is 16.6 Å². The van der Waals surface area contributed by atoms with E-state index in [-0.39, 0.29) is 11.0 Å². The quantitative estimate of drug-likeness (QED) is 0.152. The van der Waals surface area contributed by atoms with E-state index in [1.807, 2.05) is 30.3 Å². The number of aryl methyl sites for hydroxylation is 1. The molecule has 5 aromatic heterocycles. The van der Waals surface area contributed by atoms with Crippen LogP contribution in [0.4, 0.5) is 0 Å². The summed E-state index contributed by atoms with van der Waals surface area (Å²) in [6.07, 6.45) is 1.73. The van der Waals surface area contributed by atoms with Crippen LogP contribution in [-0.2, 0) is 24.8 Å². The third-order valence-corrected chi connectivity index (χ3v) is 16.7. The van der Waals surface area contributed by atoms with Crippen LogP contribution in [0.25, 0.3) is 122 Å². The molecule has 0 aliphatic carbocycles. The number of hydrogen-bond acceptors (Lipinski definition) is 2. The minimum Gasteiger partial charge on any atom is -0.0579 e. The predicted octanol–water partition coefficient (Wildman–Crippen LogP) is 18.5. The van der Waals surface area contributed by atoms with E-state index >= 15 is 0 Å². The number of para-hydroxylation sites is 5. The van der Waals surface area contributed by atoms with Gasteiger partial charge in [-0.3, -0.25) is 0 Å². The van der Waals surface area contributed by atoms with E-state index in [0.29, 0.717) is 22.9 Å². The van der Waals surface area contributed by atoms with Crippen molar-refractivity contribution in [3.63, 3.8) is 0 Å². The van der Waals surface area contributed by atoms with Gasteiger partial charge < -0.3 is 4.40 Å². The van der Waals surface area contributed by atoms with Gasteiger partial charge in [0.2, 0.25) is 0 Å². The van der Waals surface area contributed by atoms with Crippen LogP contribution in [-0.4, -0.2) is 23.1 Å². The fourth-order valence-electron chi connectivity index (χ4n) is 12.1. The van der Waals surface area contributed by atoms with E-state index in [1.165, 1.54) is 27.2 Å². The molecule has 0 aliphatic heterocycles. The standard InChI is InChI=1S/C71H51N5O.Pt/c1-45-38-68(72-43-61(45)48-32-34-49(35-33-48)71(2,3)4)75-65-40-52(36-37-56(65)59-41-60-58-28-17-27-57-55-24-11-12-29-62(55)76(70(57)58)67(60)42-66(59)75)77-51-23-15-22-50(39-51)73-44-74(64-31-14-13-30-63(64)73)69-53(46-18-7-5-8-19-46)25-16-26-54(69)47-20-9-6-10-21-47;/h5-43H,1-4H3;/i1D3;. The minimum atomic E-state index is -2.44. The van der Waals surface area contributed by atoms with Gasteiger partial charge in [0.1, 0.15) is 0 Å². The summed E-state index contributed by atoms with van der Waals surface area (Å²) in [4.78, 5) is 5.18. The SMILES string of the molecule is [2H]C([2H])([2H])c1cc(-n2c3cc(Oc4cccc(-n5[c](=[Pt])n(-c6c(-c7ccccc7)cccc6-c6ccccc6)c6ccccc65)c4)ccc3c3cc4c5cccc6c7ccccc7n(c4cc32)c65)ncc1-c1ccc(C(C)(C)C)cc1. The molecule has 7 heteroatoms. The Morgan fingerprint density at radius 3 is 1.73 bits per heavy atom. The van der Waals surface area contributed by atoms with Gasteiger partial charge in [-0.25, -0.2) is 0 Å². The molecule has 0 N–H and O–H groups in total. The Bertz CT molecular complexity index is 5010. The number of benzene rings is 10. The van der Waals surface area contributed by atoms with Crippen LogP contribution in [0.1, 0.15) is 36.0 Å². The molecule has 78 heavy (non-hydrogen) atoms. The molecular formula is C71H51N5OPt. The van der Waals surface area contributed by atoms with Crippen LogP contribution in [0.2, 0.25) is 0 Å². The van der Waals surface area contributed by atoms with E-state index in [9.17, 15) is 0 Å². The van der Waals surface area contributed by atoms with Gasteiger partial charge in [0.25, 0.3) is 0 Å². The van der Waals surface area contributed by atoms with Gasteiger partial charge in [-0.15, -0.1) is 0 Å². The monoisotopic (exact) mass is 1190 g/mol. The van der Waals surface area contributed by atoms with Crippen molar-refractivity contribution in [3.05, 3.63) is 252 Å². The molecular weight excluding hydrogens is 1130 g/mol. The Kier molecular flexibility index (Phi) is 9.79. The second kappa shape index (κ2) is 17.7. The summed E-state index contributed by atoms with van der Waals surface area (Å²) >= 11 is 2.48. The molecule has 0 unspecified atom stereocenters. The molecule has 15 rings (SSSR count). The molecule has 0 bridgehead atoms. The van der Waals surface area contributed by atoms with Gasteiger partial charge in [0.15, 0.2) is 0 Å². The first-order valence-corrected chi connectivity index (χ1v) is 27.5. The van der Waals surface area contributed by atoms with Gasteiger partial charge in [-0.1, -0.05) is 81.4 Å². The molecule has 0 saturated heterocycles. The molecule has 376 valence electrons. The average Bonchev–Trinajstić information content (AvgIpc) is 4.29. The Morgan fingerprint density at radius 1 is 0.436 bits per heavy atom. The van der Waals surface area contributed by atoms with Crippen LogP contribution in [0.5, 0.6) is 11.5 Å². The fraction of sp³-hybridized carbons (Fsp3) is 0.0704. The molecule has 10 aromatic carbocycles. The van der Waals surface area contributed by atoms with E-state index in [4.69, 9.17) is 13.8 Å². The van der Waals surface area contributed by atoms with Crippen LogP contribution >= 0.6 is 0 Å². The molecule has 6 nitrogen and oxygen atoms in total. The van der Waals surface area contributed by atoms with Gasteiger partial charge in [-0.05, 0) is 35.0 Å². The van der Waals surface area contributed by atoms with Crippen molar-refractivity contribution in [1.29, 1.82) is 0 Å². The maximum atomic E-state index is 8.95. The summed E-state index contributed by atoms with van der Waals surface area (Å²) in [6.45, 7) is 4.09. The molecule has 0 fully saturated rings. The third-order valence-electron chi connectivity index (χ3n) is 15.7. The molecule has 0 radical (unpaired) electrons. The normalized spacial score (nSPS) is 12.9. The number of fused-ring (bicyclic) bond motifs is 10. The molecule has 0 atom stereocenters. The Labute approximate surface area is 466 Å². The first kappa shape index (κ1) is 43.1. The summed E-state index contributed by atoms with van der Waals surface area (Å²) in [6, 6.07) is 80.6. The summed E-state index contributed by atoms with van der Waals surface area (Å²) in [7, 11) is 0. The Hall–Kier alpha value is -9.09. The average molecular weight is 1190 g/mol. The number of imidazole rings is 1. The van der Waals surface area contributed by atoms with Gasteiger partial charge in [-0.2, -0.15) is 0 Å². The van der Waals surface area contributed by atoms with Crippen LogP contribution < -0.4 is 4.74 Å². The number of ether oxygens (including phenoxy) is 1. The van der Waals surface area contributed by atoms with Crippen LogP contribution in [0.3, 0.4) is 0 Å². The zero-order valence-corrected chi connectivity index (χ0v) is 45.2.